The second-order valence-electron chi connectivity index (χ2n) is 4.89. The van der Waals surface area contributed by atoms with Crippen LogP contribution in [-0.4, -0.2) is 52.6 Å². The van der Waals surface area contributed by atoms with E-state index >= 15 is 0 Å². The van der Waals surface area contributed by atoms with Crippen LogP contribution in [0.1, 0.15) is 6.42 Å². The first-order valence-electron chi connectivity index (χ1n) is 6.87. The van der Waals surface area contributed by atoms with E-state index in [1.807, 2.05) is 0 Å². The number of nitrogens with zero attached hydrogens (tertiary/aromatic N) is 1. The number of hydrogen-bond acceptors (Lipinski definition) is 4. The van der Waals surface area contributed by atoms with Crippen molar-refractivity contribution in [1.82, 2.24) is 14.9 Å². The molecular formula is C13H19Cl2N3O2S. The van der Waals surface area contributed by atoms with Crippen molar-refractivity contribution in [2.24, 2.45) is 0 Å². The van der Waals surface area contributed by atoms with Crippen molar-refractivity contribution < 1.29 is 8.42 Å². The fourth-order valence-corrected chi connectivity index (χ4v) is 4.47. The molecule has 1 fully saturated rings. The molecule has 1 saturated heterocycles. The van der Waals surface area contributed by atoms with Crippen molar-refractivity contribution in [3.8, 4) is 0 Å². The number of rotatable bonds is 6. The maximum Gasteiger partial charge on any atom is 0.243 e. The van der Waals surface area contributed by atoms with E-state index < -0.39 is 10.0 Å². The number of benzene rings is 1. The zero-order chi connectivity index (χ0) is 15.3. The first-order valence-corrected chi connectivity index (χ1v) is 9.11. The molecule has 1 heterocycles. The van der Waals surface area contributed by atoms with Gasteiger partial charge in [0.05, 0.1) is 10.0 Å². The summed E-state index contributed by atoms with van der Waals surface area (Å²) in [6.45, 7) is 5.22. The molecule has 0 unspecified atom stereocenters. The van der Waals surface area contributed by atoms with Crippen molar-refractivity contribution in [1.29, 1.82) is 0 Å². The van der Waals surface area contributed by atoms with Crippen LogP contribution in [0.4, 0.5) is 0 Å². The van der Waals surface area contributed by atoms with E-state index in [1.54, 1.807) is 6.07 Å². The van der Waals surface area contributed by atoms with Gasteiger partial charge in [-0.05, 0) is 25.1 Å². The van der Waals surface area contributed by atoms with E-state index in [-0.39, 0.29) is 14.9 Å². The molecule has 2 N–H and O–H groups in total. The van der Waals surface area contributed by atoms with E-state index in [0.29, 0.717) is 6.54 Å². The first kappa shape index (κ1) is 17.0. The Labute approximate surface area is 135 Å². The topological polar surface area (TPSA) is 61.4 Å². The van der Waals surface area contributed by atoms with E-state index in [2.05, 4.69) is 14.9 Å². The molecule has 118 valence electrons. The number of halogens is 2. The molecule has 1 aliphatic rings. The molecule has 0 radical (unpaired) electrons. The van der Waals surface area contributed by atoms with Gasteiger partial charge in [0.1, 0.15) is 4.90 Å². The highest BCUT2D eigenvalue weighted by Crippen LogP contribution is 2.28. The lowest BCUT2D eigenvalue weighted by atomic mass is 10.3. The standard InChI is InChI=1S/C13H19Cl2N3O2S/c14-11-3-1-4-12(15)13(11)21(19,20)17-5-2-8-18-9-6-16-7-10-18/h1,3-4,16-17H,2,5-10H2. The van der Waals surface area contributed by atoms with Crippen molar-refractivity contribution in [3.63, 3.8) is 0 Å². The summed E-state index contributed by atoms with van der Waals surface area (Å²) in [6.07, 6.45) is 0.751. The Morgan fingerprint density at radius 1 is 1.19 bits per heavy atom. The molecule has 8 heteroatoms. The number of hydrogen-bond donors (Lipinski definition) is 2. The Hall–Kier alpha value is -0.370. The monoisotopic (exact) mass is 351 g/mol. The Bertz CT molecular complexity index is 555. The molecule has 5 nitrogen and oxygen atoms in total. The van der Waals surface area contributed by atoms with Crippen LogP contribution >= 0.6 is 23.2 Å². The van der Waals surface area contributed by atoms with E-state index in [0.717, 1.165) is 39.1 Å². The maximum atomic E-state index is 12.2. The highest BCUT2D eigenvalue weighted by molar-refractivity contribution is 7.89. The molecule has 1 aromatic carbocycles. The van der Waals surface area contributed by atoms with Gasteiger partial charge in [0, 0.05) is 32.7 Å². The molecule has 0 amide bonds. The quantitative estimate of drug-likeness (QED) is 0.763. The second kappa shape index (κ2) is 7.76. The van der Waals surface area contributed by atoms with E-state index in [9.17, 15) is 8.42 Å². The van der Waals surface area contributed by atoms with Crippen LogP contribution in [0.15, 0.2) is 23.1 Å². The lowest BCUT2D eigenvalue weighted by Crippen LogP contribution is -2.44. The van der Waals surface area contributed by atoms with Gasteiger partial charge in [-0.2, -0.15) is 0 Å². The average molecular weight is 352 g/mol. The molecule has 1 aromatic rings. The van der Waals surface area contributed by atoms with Gasteiger partial charge in [0.15, 0.2) is 0 Å². The Kier molecular flexibility index (Phi) is 6.28. The third-order valence-electron chi connectivity index (χ3n) is 3.34. The van der Waals surface area contributed by atoms with Crippen LogP contribution < -0.4 is 10.0 Å². The fourth-order valence-electron chi connectivity index (χ4n) is 2.26. The van der Waals surface area contributed by atoms with Crippen LogP contribution in [0.5, 0.6) is 0 Å². The SMILES string of the molecule is O=S(=O)(NCCCN1CCNCC1)c1c(Cl)cccc1Cl. The van der Waals surface area contributed by atoms with Crippen molar-refractivity contribution in [2.75, 3.05) is 39.3 Å². The van der Waals surface area contributed by atoms with Gasteiger partial charge >= 0.3 is 0 Å². The van der Waals surface area contributed by atoms with Gasteiger partial charge in [-0.25, -0.2) is 13.1 Å². The van der Waals surface area contributed by atoms with Crippen LogP contribution in [-0.2, 0) is 10.0 Å². The highest BCUT2D eigenvalue weighted by Gasteiger charge is 2.21. The largest absolute Gasteiger partial charge is 0.314 e. The minimum absolute atomic E-state index is 0.0458. The van der Waals surface area contributed by atoms with Crippen molar-refractivity contribution in [3.05, 3.63) is 28.2 Å². The second-order valence-corrected chi connectivity index (χ2v) is 7.41. The summed E-state index contributed by atoms with van der Waals surface area (Å²) < 4.78 is 27.0. The predicted molar refractivity (Wildman–Crippen MR) is 85.6 cm³/mol. The van der Waals surface area contributed by atoms with Crippen molar-refractivity contribution >= 4 is 33.2 Å². The maximum absolute atomic E-state index is 12.2. The number of nitrogens with one attached hydrogen (secondary N) is 2. The van der Waals surface area contributed by atoms with Gasteiger partial charge in [-0.15, -0.1) is 0 Å². The number of piperazine rings is 1. The van der Waals surface area contributed by atoms with Crippen LogP contribution in [0.3, 0.4) is 0 Å². The Morgan fingerprint density at radius 2 is 1.81 bits per heavy atom. The molecule has 21 heavy (non-hydrogen) atoms. The molecule has 0 atom stereocenters. The number of sulfonamides is 1. The molecular weight excluding hydrogens is 333 g/mol. The van der Waals surface area contributed by atoms with Gasteiger partial charge < -0.3 is 10.2 Å². The van der Waals surface area contributed by atoms with Crippen LogP contribution in [0.2, 0.25) is 10.0 Å². The Morgan fingerprint density at radius 3 is 2.43 bits per heavy atom. The molecule has 2 rings (SSSR count). The predicted octanol–water partition coefficient (Wildman–Crippen LogP) is 1.57. The molecule has 0 bridgehead atoms. The molecule has 1 aliphatic heterocycles. The van der Waals surface area contributed by atoms with Gasteiger partial charge in [0.25, 0.3) is 0 Å². The van der Waals surface area contributed by atoms with Crippen LogP contribution in [0, 0.1) is 0 Å². The zero-order valence-electron chi connectivity index (χ0n) is 11.6. The minimum Gasteiger partial charge on any atom is -0.314 e. The van der Waals surface area contributed by atoms with Gasteiger partial charge in [-0.1, -0.05) is 29.3 Å². The summed E-state index contributed by atoms with van der Waals surface area (Å²) in [5.74, 6) is 0. The third-order valence-corrected chi connectivity index (χ3v) is 5.76. The van der Waals surface area contributed by atoms with Gasteiger partial charge in [-0.3, -0.25) is 0 Å². The van der Waals surface area contributed by atoms with Gasteiger partial charge in [0.2, 0.25) is 10.0 Å². The fraction of sp³-hybridized carbons (Fsp3) is 0.538. The summed E-state index contributed by atoms with van der Waals surface area (Å²) in [6, 6.07) is 4.65. The normalized spacial score (nSPS) is 17.0. The first-order chi connectivity index (χ1) is 10.0. The molecule has 0 aromatic heterocycles. The average Bonchev–Trinajstić information content (AvgIpc) is 2.44. The van der Waals surface area contributed by atoms with E-state index in [4.69, 9.17) is 23.2 Å². The minimum atomic E-state index is -3.67. The smallest absolute Gasteiger partial charge is 0.243 e. The molecule has 0 aliphatic carbocycles. The highest BCUT2D eigenvalue weighted by atomic mass is 35.5. The van der Waals surface area contributed by atoms with Crippen molar-refractivity contribution in [2.45, 2.75) is 11.3 Å². The summed E-state index contributed by atoms with van der Waals surface area (Å²) in [5, 5.41) is 3.55. The van der Waals surface area contributed by atoms with Crippen LogP contribution in [0.25, 0.3) is 0 Å². The lowest BCUT2D eigenvalue weighted by molar-refractivity contribution is 0.239. The van der Waals surface area contributed by atoms with E-state index in [1.165, 1.54) is 12.1 Å². The molecule has 0 spiro atoms. The summed E-state index contributed by atoms with van der Waals surface area (Å²) in [4.78, 5) is 2.27. The lowest BCUT2D eigenvalue weighted by Gasteiger charge is -2.27. The molecule has 0 saturated carbocycles. The summed E-state index contributed by atoms with van der Waals surface area (Å²) in [7, 11) is -3.67. The third kappa shape index (κ3) is 4.81. The zero-order valence-corrected chi connectivity index (χ0v) is 13.9. The Balaban J connectivity index is 1.86. The summed E-state index contributed by atoms with van der Waals surface area (Å²) >= 11 is 11.9. The summed E-state index contributed by atoms with van der Waals surface area (Å²) in [5.41, 5.74) is 0.